The minimum atomic E-state index is 0.242. The molecule has 2 atom stereocenters. The predicted molar refractivity (Wildman–Crippen MR) is 72.5 cm³/mol. The number of ether oxygens (including phenoxy) is 1. The highest BCUT2D eigenvalue weighted by Gasteiger charge is 2.32. The maximum absolute atomic E-state index is 5.93. The molecule has 0 radical (unpaired) electrons. The number of fused-ring (bicyclic) bond motifs is 2. The van der Waals surface area contributed by atoms with Crippen molar-refractivity contribution in [1.82, 2.24) is 10.3 Å². The molecule has 1 aromatic heterocycles. The van der Waals surface area contributed by atoms with Gasteiger partial charge in [0.2, 0.25) is 5.88 Å². The standard InChI is InChI=1S/C13H16Cl2N2O/c14-11-4-5-12(17-13(11)15)18-10-6-8-2-1-3-9(7-10)16-8/h4-5,8-10,16H,1-3,6-7H2. The molecular weight excluding hydrogens is 271 g/mol. The zero-order valence-corrected chi connectivity index (χ0v) is 11.5. The van der Waals surface area contributed by atoms with Crippen LogP contribution in [-0.4, -0.2) is 23.2 Å². The Labute approximate surface area is 117 Å². The first-order valence-electron chi connectivity index (χ1n) is 6.45. The van der Waals surface area contributed by atoms with E-state index in [0.717, 1.165) is 12.8 Å². The molecule has 3 nitrogen and oxygen atoms in total. The smallest absolute Gasteiger partial charge is 0.215 e. The molecule has 2 saturated heterocycles. The van der Waals surface area contributed by atoms with Gasteiger partial charge in [-0.3, -0.25) is 0 Å². The van der Waals surface area contributed by atoms with Crippen LogP contribution in [0.5, 0.6) is 5.88 Å². The number of pyridine rings is 1. The molecule has 0 saturated carbocycles. The van der Waals surface area contributed by atoms with Crippen LogP contribution in [-0.2, 0) is 0 Å². The minimum Gasteiger partial charge on any atom is -0.474 e. The molecular formula is C13H16Cl2N2O. The summed E-state index contributed by atoms with van der Waals surface area (Å²) in [5.41, 5.74) is 0. The van der Waals surface area contributed by atoms with Crippen LogP contribution in [0.4, 0.5) is 0 Å². The van der Waals surface area contributed by atoms with Crippen LogP contribution in [0.1, 0.15) is 32.1 Å². The lowest BCUT2D eigenvalue weighted by Gasteiger charge is -2.40. The number of hydrogen-bond donors (Lipinski definition) is 1. The first-order valence-corrected chi connectivity index (χ1v) is 7.21. The number of nitrogens with one attached hydrogen (secondary N) is 1. The molecule has 18 heavy (non-hydrogen) atoms. The van der Waals surface area contributed by atoms with Crippen LogP contribution in [0.2, 0.25) is 10.2 Å². The van der Waals surface area contributed by atoms with Crippen LogP contribution in [0.15, 0.2) is 12.1 Å². The van der Waals surface area contributed by atoms with E-state index < -0.39 is 0 Å². The molecule has 2 fully saturated rings. The second kappa shape index (κ2) is 5.24. The van der Waals surface area contributed by atoms with E-state index in [-0.39, 0.29) is 6.10 Å². The van der Waals surface area contributed by atoms with E-state index in [1.54, 1.807) is 12.1 Å². The summed E-state index contributed by atoms with van der Waals surface area (Å²) in [6, 6.07) is 4.72. The Hall–Kier alpha value is -0.510. The van der Waals surface area contributed by atoms with E-state index >= 15 is 0 Å². The molecule has 2 unspecified atom stereocenters. The number of piperidine rings is 2. The molecule has 0 aromatic carbocycles. The lowest BCUT2D eigenvalue weighted by atomic mass is 9.85. The monoisotopic (exact) mass is 286 g/mol. The summed E-state index contributed by atoms with van der Waals surface area (Å²) in [7, 11) is 0. The number of rotatable bonds is 2. The van der Waals surface area contributed by atoms with Crippen molar-refractivity contribution in [2.45, 2.75) is 50.3 Å². The van der Waals surface area contributed by atoms with Gasteiger partial charge in [-0.15, -0.1) is 0 Å². The summed E-state index contributed by atoms with van der Waals surface area (Å²) in [4.78, 5) is 4.15. The van der Waals surface area contributed by atoms with Crippen LogP contribution < -0.4 is 10.1 Å². The van der Waals surface area contributed by atoms with E-state index in [2.05, 4.69) is 10.3 Å². The van der Waals surface area contributed by atoms with E-state index in [0.29, 0.717) is 28.1 Å². The largest absolute Gasteiger partial charge is 0.474 e. The zero-order chi connectivity index (χ0) is 12.5. The van der Waals surface area contributed by atoms with Gasteiger partial charge in [0.15, 0.2) is 5.15 Å². The third-order valence-corrected chi connectivity index (χ3v) is 4.43. The molecule has 2 aliphatic rings. The van der Waals surface area contributed by atoms with Crippen LogP contribution in [0.25, 0.3) is 0 Å². The molecule has 2 aliphatic heterocycles. The van der Waals surface area contributed by atoms with Gasteiger partial charge in [-0.2, -0.15) is 4.98 Å². The van der Waals surface area contributed by atoms with E-state index in [1.165, 1.54) is 19.3 Å². The fraction of sp³-hybridized carbons (Fsp3) is 0.615. The van der Waals surface area contributed by atoms with Crippen molar-refractivity contribution in [3.05, 3.63) is 22.3 Å². The first-order chi connectivity index (χ1) is 8.70. The van der Waals surface area contributed by atoms with Crippen LogP contribution in [0.3, 0.4) is 0 Å². The summed E-state index contributed by atoms with van der Waals surface area (Å²) in [5.74, 6) is 0.578. The second-order valence-corrected chi connectivity index (χ2v) is 5.89. The van der Waals surface area contributed by atoms with Crippen molar-refractivity contribution in [2.24, 2.45) is 0 Å². The summed E-state index contributed by atoms with van der Waals surface area (Å²) in [5, 5.41) is 4.41. The fourth-order valence-corrected chi connectivity index (χ4v) is 3.20. The maximum Gasteiger partial charge on any atom is 0.215 e. The minimum absolute atomic E-state index is 0.242. The molecule has 0 spiro atoms. The Morgan fingerprint density at radius 1 is 1.17 bits per heavy atom. The van der Waals surface area contributed by atoms with Crippen molar-refractivity contribution >= 4 is 23.2 Å². The summed E-state index contributed by atoms with van der Waals surface area (Å²) < 4.78 is 5.93. The highest BCUT2D eigenvalue weighted by Crippen LogP contribution is 2.29. The van der Waals surface area contributed by atoms with Gasteiger partial charge in [0, 0.05) is 18.2 Å². The Kier molecular flexibility index (Phi) is 3.64. The number of hydrogen-bond acceptors (Lipinski definition) is 3. The van der Waals surface area contributed by atoms with Crippen molar-refractivity contribution < 1.29 is 4.74 Å². The zero-order valence-electron chi connectivity index (χ0n) is 10.0. The Morgan fingerprint density at radius 2 is 1.89 bits per heavy atom. The van der Waals surface area contributed by atoms with E-state index in [9.17, 15) is 0 Å². The lowest BCUT2D eigenvalue weighted by Crippen LogP contribution is -2.51. The summed E-state index contributed by atoms with van der Waals surface area (Å²) >= 11 is 11.7. The van der Waals surface area contributed by atoms with Crippen molar-refractivity contribution in [3.8, 4) is 5.88 Å². The summed E-state index contributed by atoms with van der Waals surface area (Å²) in [6.45, 7) is 0. The van der Waals surface area contributed by atoms with Crippen molar-refractivity contribution in [1.29, 1.82) is 0 Å². The first kappa shape index (κ1) is 12.5. The third-order valence-electron chi connectivity index (χ3n) is 3.74. The lowest BCUT2D eigenvalue weighted by molar-refractivity contribution is 0.0890. The quantitative estimate of drug-likeness (QED) is 0.846. The van der Waals surface area contributed by atoms with Gasteiger partial charge < -0.3 is 10.1 Å². The summed E-state index contributed by atoms with van der Waals surface area (Å²) in [6.07, 6.45) is 6.19. The molecule has 1 aromatic rings. The van der Waals surface area contributed by atoms with Gasteiger partial charge in [0.05, 0.1) is 5.02 Å². The van der Waals surface area contributed by atoms with Gasteiger partial charge in [0.1, 0.15) is 6.10 Å². The van der Waals surface area contributed by atoms with Crippen LogP contribution in [0, 0.1) is 0 Å². The van der Waals surface area contributed by atoms with Crippen molar-refractivity contribution in [3.63, 3.8) is 0 Å². The highest BCUT2D eigenvalue weighted by molar-refractivity contribution is 6.41. The predicted octanol–water partition coefficient (Wildman–Crippen LogP) is 3.44. The molecule has 98 valence electrons. The SMILES string of the molecule is Clc1ccc(OC2CC3CCCC(C2)N3)nc1Cl. The molecule has 3 heterocycles. The van der Waals surface area contributed by atoms with Gasteiger partial charge >= 0.3 is 0 Å². The molecule has 1 N–H and O–H groups in total. The third kappa shape index (κ3) is 2.73. The molecule has 2 bridgehead atoms. The normalized spacial score (nSPS) is 31.1. The molecule has 3 rings (SSSR count). The average Bonchev–Trinajstić information content (AvgIpc) is 2.33. The topological polar surface area (TPSA) is 34.1 Å². The molecule has 0 amide bonds. The second-order valence-electron chi connectivity index (χ2n) is 5.12. The van der Waals surface area contributed by atoms with E-state index in [1.807, 2.05) is 0 Å². The fourth-order valence-electron chi connectivity index (χ4n) is 2.95. The number of aromatic nitrogens is 1. The van der Waals surface area contributed by atoms with Gasteiger partial charge in [-0.05, 0) is 31.7 Å². The molecule has 0 aliphatic carbocycles. The highest BCUT2D eigenvalue weighted by atomic mass is 35.5. The average molecular weight is 287 g/mol. The van der Waals surface area contributed by atoms with E-state index in [4.69, 9.17) is 27.9 Å². The Balaban J connectivity index is 1.67. The Bertz CT molecular complexity index is 429. The van der Waals surface area contributed by atoms with Crippen molar-refractivity contribution in [2.75, 3.05) is 0 Å². The van der Waals surface area contributed by atoms with Gasteiger partial charge in [-0.1, -0.05) is 29.6 Å². The maximum atomic E-state index is 5.93. The molecule has 5 heteroatoms. The number of nitrogens with zero attached hydrogens (tertiary/aromatic N) is 1. The van der Waals surface area contributed by atoms with Gasteiger partial charge in [-0.25, -0.2) is 0 Å². The number of halogens is 2. The van der Waals surface area contributed by atoms with Crippen LogP contribution >= 0.6 is 23.2 Å². The van der Waals surface area contributed by atoms with Gasteiger partial charge in [0.25, 0.3) is 0 Å². The Morgan fingerprint density at radius 3 is 2.56 bits per heavy atom.